The standard InChI is InChI=1S/C14H20ClNO2/c1-10(4-9-14(17)18)16(3)11(2)12-5-7-13(15)8-6-12/h5-8,10-11H,4,9H2,1-3H3,(H,17,18). The normalized spacial score (nSPS) is 14.5. The van der Waals surface area contributed by atoms with Crippen molar-refractivity contribution in [2.24, 2.45) is 0 Å². The smallest absolute Gasteiger partial charge is 0.303 e. The molecule has 1 rings (SSSR count). The molecule has 0 aliphatic heterocycles. The van der Waals surface area contributed by atoms with Gasteiger partial charge in [0, 0.05) is 23.5 Å². The van der Waals surface area contributed by atoms with Crippen LogP contribution in [0.5, 0.6) is 0 Å². The zero-order chi connectivity index (χ0) is 13.7. The zero-order valence-electron chi connectivity index (χ0n) is 11.1. The molecule has 0 aromatic heterocycles. The molecule has 100 valence electrons. The van der Waals surface area contributed by atoms with Gasteiger partial charge in [-0.05, 0) is 45.0 Å². The molecule has 3 nitrogen and oxygen atoms in total. The first-order chi connectivity index (χ1) is 8.41. The molecule has 0 saturated carbocycles. The highest BCUT2D eigenvalue weighted by Crippen LogP contribution is 2.23. The molecule has 0 amide bonds. The van der Waals surface area contributed by atoms with Crippen LogP contribution in [0.4, 0.5) is 0 Å². The van der Waals surface area contributed by atoms with Crippen LogP contribution >= 0.6 is 11.6 Å². The molecule has 0 bridgehead atoms. The minimum atomic E-state index is -0.741. The number of carbonyl (C=O) groups is 1. The van der Waals surface area contributed by atoms with Crippen molar-refractivity contribution in [1.82, 2.24) is 4.90 Å². The lowest BCUT2D eigenvalue weighted by atomic mass is 10.0. The minimum absolute atomic E-state index is 0.207. The van der Waals surface area contributed by atoms with Gasteiger partial charge < -0.3 is 5.11 Å². The fourth-order valence-electron chi connectivity index (χ4n) is 1.89. The molecule has 0 aliphatic carbocycles. The number of carboxylic acids is 1. The van der Waals surface area contributed by atoms with Crippen molar-refractivity contribution < 1.29 is 9.90 Å². The summed E-state index contributed by atoms with van der Waals surface area (Å²) in [5.74, 6) is -0.741. The third-order valence-electron chi connectivity index (χ3n) is 3.43. The fourth-order valence-corrected chi connectivity index (χ4v) is 2.02. The Balaban J connectivity index is 2.62. The molecule has 2 atom stereocenters. The van der Waals surface area contributed by atoms with Crippen LogP contribution in [0.3, 0.4) is 0 Å². The Kier molecular flexibility index (Phi) is 5.63. The molecule has 0 radical (unpaired) electrons. The van der Waals surface area contributed by atoms with Crippen molar-refractivity contribution in [3.63, 3.8) is 0 Å². The Bertz CT molecular complexity index is 391. The quantitative estimate of drug-likeness (QED) is 0.858. The minimum Gasteiger partial charge on any atom is -0.481 e. The number of nitrogens with zero attached hydrogens (tertiary/aromatic N) is 1. The topological polar surface area (TPSA) is 40.5 Å². The van der Waals surface area contributed by atoms with Crippen LogP contribution in [0.15, 0.2) is 24.3 Å². The van der Waals surface area contributed by atoms with E-state index in [1.807, 2.05) is 31.3 Å². The van der Waals surface area contributed by atoms with Crippen molar-refractivity contribution in [2.75, 3.05) is 7.05 Å². The summed E-state index contributed by atoms with van der Waals surface area (Å²) >= 11 is 5.86. The number of aliphatic carboxylic acids is 1. The highest BCUT2D eigenvalue weighted by atomic mass is 35.5. The van der Waals surface area contributed by atoms with Crippen molar-refractivity contribution in [2.45, 2.75) is 38.8 Å². The Hall–Kier alpha value is -1.06. The zero-order valence-corrected chi connectivity index (χ0v) is 11.8. The van der Waals surface area contributed by atoms with Gasteiger partial charge in [-0.25, -0.2) is 0 Å². The first-order valence-corrected chi connectivity index (χ1v) is 6.48. The summed E-state index contributed by atoms with van der Waals surface area (Å²) in [7, 11) is 2.02. The first kappa shape index (κ1) is 15.0. The van der Waals surface area contributed by atoms with Gasteiger partial charge in [0.2, 0.25) is 0 Å². The highest BCUT2D eigenvalue weighted by Gasteiger charge is 2.17. The van der Waals surface area contributed by atoms with Gasteiger partial charge in [0.25, 0.3) is 0 Å². The number of hydrogen-bond acceptors (Lipinski definition) is 2. The van der Waals surface area contributed by atoms with Crippen LogP contribution in [-0.2, 0) is 4.79 Å². The molecule has 2 unspecified atom stereocenters. The molecule has 0 aliphatic rings. The van der Waals surface area contributed by atoms with Gasteiger partial charge in [-0.2, -0.15) is 0 Å². The Labute approximate surface area is 113 Å². The molecule has 0 saturated heterocycles. The van der Waals surface area contributed by atoms with E-state index in [1.54, 1.807) is 0 Å². The first-order valence-electron chi connectivity index (χ1n) is 6.11. The van der Waals surface area contributed by atoms with Gasteiger partial charge in [-0.15, -0.1) is 0 Å². The summed E-state index contributed by atoms with van der Waals surface area (Å²) in [6, 6.07) is 8.24. The van der Waals surface area contributed by atoms with Gasteiger partial charge in [0.05, 0.1) is 0 Å². The number of benzene rings is 1. The van der Waals surface area contributed by atoms with E-state index in [0.717, 1.165) is 5.02 Å². The monoisotopic (exact) mass is 269 g/mol. The predicted molar refractivity (Wildman–Crippen MR) is 74.0 cm³/mol. The summed E-state index contributed by atoms with van der Waals surface area (Å²) < 4.78 is 0. The third-order valence-corrected chi connectivity index (χ3v) is 3.69. The van der Waals surface area contributed by atoms with E-state index in [0.29, 0.717) is 6.42 Å². The van der Waals surface area contributed by atoms with Crippen molar-refractivity contribution in [1.29, 1.82) is 0 Å². The Morgan fingerprint density at radius 1 is 1.33 bits per heavy atom. The van der Waals surface area contributed by atoms with Crippen molar-refractivity contribution >= 4 is 17.6 Å². The molecule has 0 fully saturated rings. The highest BCUT2D eigenvalue weighted by molar-refractivity contribution is 6.30. The summed E-state index contributed by atoms with van der Waals surface area (Å²) in [6.45, 7) is 4.16. The van der Waals surface area contributed by atoms with Crippen LogP contribution in [0.25, 0.3) is 0 Å². The van der Waals surface area contributed by atoms with E-state index in [2.05, 4.69) is 18.7 Å². The lowest BCUT2D eigenvalue weighted by molar-refractivity contribution is -0.137. The van der Waals surface area contributed by atoms with Crippen LogP contribution in [0.1, 0.15) is 38.3 Å². The maximum atomic E-state index is 10.6. The van der Waals surface area contributed by atoms with Crippen molar-refractivity contribution in [3.8, 4) is 0 Å². The number of halogens is 1. The molecule has 0 heterocycles. The van der Waals surface area contributed by atoms with E-state index in [9.17, 15) is 4.79 Å². The summed E-state index contributed by atoms with van der Waals surface area (Å²) in [5, 5.41) is 9.43. The number of carboxylic acid groups (broad SMARTS) is 1. The summed E-state index contributed by atoms with van der Waals surface area (Å²) in [5.41, 5.74) is 1.18. The summed E-state index contributed by atoms with van der Waals surface area (Å²) in [6.07, 6.45) is 0.864. The third kappa shape index (κ3) is 4.31. The van der Waals surface area contributed by atoms with E-state index in [4.69, 9.17) is 16.7 Å². The van der Waals surface area contributed by atoms with Crippen LogP contribution in [0, 0.1) is 0 Å². The molecule has 1 aromatic rings. The maximum Gasteiger partial charge on any atom is 0.303 e. The second-order valence-corrected chi connectivity index (χ2v) is 5.11. The molecule has 18 heavy (non-hydrogen) atoms. The van der Waals surface area contributed by atoms with Crippen LogP contribution < -0.4 is 0 Å². The lowest BCUT2D eigenvalue weighted by Crippen LogP contribution is -2.32. The van der Waals surface area contributed by atoms with Crippen LogP contribution in [0.2, 0.25) is 5.02 Å². The predicted octanol–water partition coefficient (Wildman–Crippen LogP) is 3.59. The molecular formula is C14H20ClNO2. The number of hydrogen-bond donors (Lipinski definition) is 1. The van der Waals surface area contributed by atoms with Gasteiger partial charge in [0.1, 0.15) is 0 Å². The van der Waals surface area contributed by atoms with Gasteiger partial charge in [-0.3, -0.25) is 9.69 Å². The van der Waals surface area contributed by atoms with E-state index in [1.165, 1.54) is 5.56 Å². The molecule has 1 N–H and O–H groups in total. The SMILES string of the molecule is CC(CCC(=O)O)N(C)C(C)c1ccc(Cl)cc1. The fraction of sp³-hybridized carbons (Fsp3) is 0.500. The van der Waals surface area contributed by atoms with Gasteiger partial charge in [0.15, 0.2) is 0 Å². The molecular weight excluding hydrogens is 250 g/mol. The summed E-state index contributed by atoms with van der Waals surface area (Å²) in [4.78, 5) is 12.8. The average Bonchev–Trinajstić information content (AvgIpc) is 2.35. The van der Waals surface area contributed by atoms with Crippen molar-refractivity contribution in [3.05, 3.63) is 34.9 Å². The average molecular weight is 270 g/mol. The Morgan fingerprint density at radius 3 is 2.39 bits per heavy atom. The van der Waals surface area contributed by atoms with E-state index >= 15 is 0 Å². The van der Waals surface area contributed by atoms with E-state index in [-0.39, 0.29) is 18.5 Å². The van der Waals surface area contributed by atoms with E-state index < -0.39 is 5.97 Å². The molecule has 1 aromatic carbocycles. The molecule has 0 spiro atoms. The molecule has 4 heteroatoms. The Morgan fingerprint density at radius 2 is 1.89 bits per heavy atom. The second kappa shape index (κ2) is 6.76. The lowest BCUT2D eigenvalue weighted by Gasteiger charge is -2.31. The second-order valence-electron chi connectivity index (χ2n) is 4.67. The van der Waals surface area contributed by atoms with Crippen LogP contribution in [-0.4, -0.2) is 29.1 Å². The number of rotatable bonds is 6. The maximum absolute atomic E-state index is 10.6. The largest absolute Gasteiger partial charge is 0.481 e. The van der Waals surface area contributed by atoms with Gasteiger partial charge >= 0.3 is 5.97 Å². The van der Waals surface area contributed by atoms with Gasteiger partial charge in [-0.1, -0.05) is 23.7 Å².